The second-order valence-corrected chi connectivity index (χ2v) is 8.92. The van der Waals surface area contributed by atoms with Crippen molar-refractivity contribution in [3.8, 4) is 34.3 Å². The molecule has 0 spiro atoms. The Kier molecular flexibility index (Phi) is 5.74. The maximum absolute atomic E-state index is 12.8. The summed E-state index contributed by atoms with van der Waals surface area (Å²) in [7, 11) is -0.347. The van der Waals surface area contributed by atoms with Gasteiger partial charge in [0.25, 0.3) is 5.89 Å². The van der Waals surface area contributed by atoms with E-state index < -0.39 is 10.0 Å². The van der Waals surface area contributed by atoms with Gasteiger partial charge in [0.05, 0.1) is 19.1 Å². The molecule has 1 saturated heterocycles. The topological polar surface area (TPSA) is 94.8 Å². The molecule has 0 bridgehead atoms. The number of ether oxygens (including phenoxy) is 2. The number of nitrogens with zero attached hydrogens (tertiary/aromatic N) is 3. The summed E-state index contributed by atoms with van der Waals surface area (Å²) >= 11 is 0. The normalized spacial score (nSPS) is 15.1. The second-order valence-electron chi connectivity index (χ2n) is 6.98. The first-order chi connectivity index (χ1) is 14.5. The maximum Gasteiger partial charge on any atom is 0.258 e. The molecular formula is C21H23N3O5S. The lowest BCUT2D eigenvalue weighted by atomic mass is 10.2. The summed E-state index contributed by atoms with van der Waals surface area (Å²) in [6, 6.07) is 11.9. The number of benzene rings is 2. The van der Waals surface area contributed by atoms with Crippen LogP contribution in [0.25, 0.3) is 22.8 Å². The average molecular weight is 429 g/mol. The molecule has 158 valence electrons. The quantitative estimate of drug-likeness (QED) is 0.591. The molecule has 0 radical (unpaired) electrons. The third-order valence-electron chi connectivity index (χ3n) is 5.12. The molecule has 1 aliphatic rings. The summed E-state index contributed by atoms with van der Waals surface area (Å²) in [5.41, 5.74) is 1.36. The van der Waals surface area contributed by atoms with Crippen LogP contribution in [0.4, 0.5) is 0 Å². The Hall–Kier alpha value is -2.91. The third-order valence-corrected chi connectivity index (χ3v) is 7.03. The highest BCUT2D eigenvalue weighted by atomic mass is 32.2. The van der Waals surface area contributed by atoms with Gasteiger partial charge in [-0.05, 0) is 55.3 Å². The molecule has 0 N–H and O–H groups in total. The van der Waals surface area contributed by atoms with E-state index >= 15 is 0 Å². The van der Waals surface area contributed by atoms with Gasteiger partial charge in [-0.25, -0.2) is 8.42 Å². The minimum absolute atomic E-state index is 0.275. The monoisotopic (exact) mass is 429 g/mol. The maximum atomic E-state index is 12.8. The van der Waals surface area contributed by atoms with Crippen molar-refractivity contribution in [3.05, 3.63) is 42.5 Å². The second kappa shape index (κ2) is 8.45. The van der Waals surface area contributed by atoms with E-state index in [4.69, 9.17) is 14.0 Å². The van der Waals surface area contributed by atoms with Crippen LogP contribution < -0.4 is 9.47 Å². The summed E-state index contributed by atoms with van der Waals surface area (Å²) in [5, 5.41) is 4.02. The van der Waals surface area contributed by atoms with E-state index in [-0.39, 0.29) is 4.90 Å². The first kappa shape index (κ1) is 20.4. The molecule has 8 nitrogen and oxygen atoms in total. The molecule has 0 atom stereocenters. The van der Waals surface area contributed by atoms with Crippen molar-refractivity contribution < 1.29 is 22.4 Å². The van der Waals surface area contributed by atoms with Crippen LogP contribution in [0.2, 0.25) is 0 Å². The average Bonchev–Trinajstić information content (AvgIpc) is 3.29. The Bertz CT molecular complexity index is 1120. The molecule has 2 heterocycles. The van der Waals surface area contributed by atoms with Crippen molar-refractivity contribution in [2.24, 2.45) is 0 Å². The number of aromatic nitrogens is 2. The molecule has 3 aromatic rings. The van der Waals surface area contributed by atoms with Gasteiger partial charge in [-0.3, -0.25) is 0 Å². The van der Waals surface area contributed by atoms with Gasteiger partial charge < -0.3 is 14.0 Å². The molecule has 4 rings (SSSR count). The van der Waals surface area contributed by atoms with Gasteiger partial charge in [0.15, 0.2) is 11.5 Å². The Balaban J connectivity index is 1.57. The lowest BCUT2D eigenvalue weighted by molar-refractivity contribution is 0.346. The fraction of sp³-hybridized carbons (Fsp3) is 0.333. The van der Waals surface area contributed by atoms with Crippen LogP contribution in [-0.4, -0.2) is 50.2 Å². The zero-order valence-electron chi connectivity index (χ0n) is 16.9. The minimum Gasteiger partial charge on any atom is -0.493 e. The Morgan fingerprint density at radius 3 is 2.23 bits per heavy atom. The summed E-state index contributed by atoms with van der Waals surface area (Å²) in [6.45, 7) is 1.15. The molecule has 1 fully saturated rings. The molecule has 0 aliphatic carbocycles. The molecular weight excluding hydrogens is 406 g/mol. The van der Waals surface area contributed by atoms with Crippen molar-refractivity contribution in [2.75, 3.05) is 27.3 Å². The number of hydrogen-bond donors (Lipinski definition) is 0. The molecule has 2 aromatic carbocycles. The van der Waals surface area contributed by atoms with Crippen LogP contribution in [0, 0.1) is 0 Å². The molecule has 9 heteroatoms. The van der Waals surface area contributed by atoms with E-state index in [1.54, 1.807) is 61.0 Å². The largest absolute Gasteiger partial charge is 0.493 e. The van der Waals surface area contributed by atoms with Crippen LogP contribution in [0.15, 0.2) is 51.9 Å². The van der Waals surface area contributed by atoms with Crippen molar-refractivity contribution in [3.63, 3.8) is 0 Å². The highest BCUT2D eigenvalue weighted by Gasteiger charge is 2.26. The van der Waals surface area contributed by atoms with Crippen LogP contribution >= 0.6 is 0 Å². The standard InChI is InChI=1S/C21H23N3O5S/c1-27-18-11-8-16(14-19(18)28-2)21-22-20(23-29-21)15-6-9-17(10-7-15)30(25,26)24-12-4-3-5-13-24/h6-11,14H,3-5,12-13H2,1-2H3. The number of piperidine rings is 1. The van der Waals surface area contributed by atoms with Gasteiger partial charge in [-0.2, -0.15) is 9.29 Å². The van der Waals surface area contributed by atoms with Gasteiger partial charge in [0.1, 0.15) is 0 Å². The number of sulfonamides is 1. The van der Waals surface area contributed by atoms with Gasteiger partial charge in [-0.1, -0.05) is 11.6 Å². The summed E-state index contributed by atoms with van der Waals surface area (Å²) in [5.74, 6) is 1.87. The molecule has 0 unspecified atom stereocenters. The highest BCUT2D eigenvalue weighted by molar-refractivity contribution is 7.89. The highest BCUT2D eigenvalue weighted by Crippen LogP contribution is 2.32. The van der Waals surface area contributed by atoms with Gasteiger partial charge in [-0.15, -0.1) is 0 Å². The van der Waals surface area contributed by atoms with Crippen LogP contribution in [0.3, 0.4) is 0 Å². The lowest BCUT2D eigenvalue weighted by Crippen LogP contribution is -2.35. The van der Waals surface area contributed by atoms with Crippen LogP contribution in [-0.2, 0) is 10.0 Å². The first-order valence-corrected chi connectivity index (χ1v) is 11.1. The first-order valence-electron chi connectivity index (χ1n) is 9.69. The van der Waals surface area contributed by atoms with E-state index in [2.05, 4.69) is 10.1 Å². The molecule has 1 aromatic heterocycles. The van der Waals surface area contributed by atoms with E-state index in [1.165, 1.54) is 0 Å². The fourth-order valence-corrected chi connectivity index (χ4v) is 4.97. The minimum atomic E-state index is -3.47. The molecule has 30 heavy (non-hydrogen) atoms. The van der Waals surface area contributed by atoms with E-state index in [0.717, 1.165) is 19.3 Å². The predicted molar refractivity (Wildman–Crippen MR) is 111 cm³/mol. The van der Waals surface area contributed by atoms with E-state index in [9.17, 15) is 8.42 Å². The third kappa shape index (κ3) is 3.90. The van der Waals surface area contributed by atoms with Crippen molar-refractivity contribution >= 4 is 10.0 Å². The SMILES string of the molecule is COc1ccc(-c2nc(-c3ccc(S(=O)(=O)N4CCCCC4)cc3)no2)cc1OC. The van der Waals surface area contributed by atoms with Crippen LogP contribution in [0.1, 0.15) is 19.3 Å². The fourth-order valence-electron chi connectivity index (χ4n) is 3.46. The Morgan fingerprint density at radius 2 is 1.57 bits per heavy atom. The smallest absolute Gasteiger partial charge is 0.258 e. The molecule has 0 saturated carbocycles. The summed E-state index contributed by atoms with van der Waals surface area (Å²) in [4.78, 5) is 4.70. The lowest BCUT2D eigenvalue weighted by Gasteiger charge is -2.25. The number of methoxy groups -OCH3 is 2. The summed E-state index contributed by atoms with van der Waals surface area (Å²) < 4.78 is 43.1. The molecule has 0 amide bonds. The summed E-state index contributed by atoms with van der Waals surface area (Å²) in [6.07, 6.45) is 2.88. The van der Waals surface area contributed by atoms with E-state index in [0.29, 0.717) is 47.4 Å². The number of rotatable bonds is 6. The van der Waals surface area contributed by atoms with Gasteiger partial charge in [0, 0.05) is 24.2 Å². The predicted octanol–water partition coefficient (Wildman–Crippen LogP) is 3.60. The van der Waals surface area contributed by atoms with Crippen LogP contribution in [0.5, 0.6) is 11.5 Å². The zero-order chi connectivity index (χ0) is 21.1. The van der Waals surface area contributed by atoms with Crippen molar-refractivity contribution in [1.82, 2.24) is 14.4 Å². The van der Waals surface area contributed by atoms with Gasteiger partial charge in [0.2, 0.25) is 15.8 Å². The zero-order valence-corrected chi connectivity index (χ0v) is 17.7. The Labute approximate surface area is 175 Å². The Morgan fingerprint density at radius 1 is 0.900 bits per heavy atom. The van der Waals surface area contributed by atoms with Crippen molar-refractivity contribution in [2.45, 2.75) is 24.2 Å². The van der Waals surface area contributed by atoms with Crippen molar-refractivity contribution in [1.29, 1.82) is 0 Å². The molecule has 1 aliphatic heterocycles. The van der Waals surface area contributed by atoms with E-state index in [1.807, 2.05) is 0 Å². The number of hydrogen-bond acceptors (Lipinski definition) is 7. The van der Waals surface area contributed by atoms with Gasteiger partial charge >= 0.3 is 0 Å².